The monoisotopic (exact) mass is 609 g/mol. The Morgan fingerprint density at radius 3 is 2.61 bits per heavy atom. The number of aromatic nitrogens is 4. The first-order valence-corrected chi connectivity index (χ1v) is 14.8. The average Bonchev–Trinajstić information content (AvgIpc) is 3.33. The Balaban J connectivity index is 1.59. The third-order valence-corrected chi connectivity index (χ3v) is 9.31. The second-order valence-electron chi connectivity index (χ2n) is 9.52. The summed E-state index contributed by atoms with van der Waals surface area (Å²) in [6, 6.07) is 10.7. The molecule has 2 aromatic heterocycles. The number of nitrogens with one attached hydrogen (secondary N) is 1. The van der Waals surface area contributed by atoms with Gasteiger partial charge in [-0.3, -0.25) is 4.31 Å². The fourth-order valence-electron chi connectivity index (χ4n) is 4.92. The van der Waals surface area contributed by atoms with Crippen LogP contribution >= 0.6 is 22.3 Å². The summed E-state index contributed by atoms with van der Waals surface area (Å²) in [6.07, 6.45) is -0.588. The Morgan fingerprint density at radius 2 is 1.95 bits per heavy atom. The van der Waals surface area contributed by atoms with E-state index in [2.05, 4.69) is 55.3 Å². The maximum absolute atomic E-state index is 15.1. The summed E-state index contributed by atoms with van der Waals surface area (Å²) in [6.45, 7) is 4.29. The van der Waals surface area contributed by atoms with Gasteiger partial charge >= 0.3 is 6.18 Å². The number of hydrogen-bond donors (Lipinski definition) is 2. The minimum atomic E-state index is -4.93. The molecule has 0 bridgehead atoms. The van der Waals surface area contributed by atoms with Crippen molar-refractivity contribution in [3.05, 3.63) is 64.6 Å². The van der Waals surface area contributed by atoms with Crippen LogP contribution in [0.4, 0.5) is 29.3 Å². The summed E-state index contributed by atoms with van der Waals surface area (Å²) < 4.78 is 59.2. The molecule has 1 saturated heterocycles. The Kier molecular flexibility index (Phi) is 8.13. The third-order valence-electron chi connectivity index (χ3n) is 7.10. The van der Waals surface area contributed by atoms with Gasteiger partial charge in [0.25, 0.3) is 0 Å². The van der Waals surface area contributed by atoms with E-state index >= 15 is 4.39 Å². The van der Waals surface area contributed by atoms with Crippen molar-refractivity contribution in [2.45, 2.75) is 25.6 Å². The van der Waals surface area contributed by atoms with Crippen LogP contribution in [-0.2, 0) is 12.6 Å². The molecule has 4 aromatic rings. The second kappa shape index (κ2) is 11.5. The number of halogens is 5. The molecule has 14 heteroatoms. The van der Waals surface area contributed by atoms with Crippen molar-refractivity contribution in [1.82, 2.24) is 24.1 Å². The van der Waals surface area contributed by atoms with Gasteiger partial charge in [0.2, 0.25) is 5.95 Å². The molecule has 2 atom stereocenters. The lowest BCUT2D eigenvalue weighted by molar-refractivity contribution is -0.137. The van der Waals surface area contributed by atoms with Gasteiger partial charge in [-0.2, -0.15) is 13.2 Å². The van der Waals surface area contributed by atoms with Crippen molar-refractivity contribution in [3.63, 3.8) is 0 Å². The van der Waals surface area contributed by atoms with E-state index in [9.17, 15) is 18.3 Å². The summed E-state index contributed by atoms with van der Waals surface area (Å²) in [4.78, 5) is 11.4. The fourth-order valence-corrected chi connectivity index (χ4v) is 6.24. The van der Waals surface area contributed by atoms with Crippen LogP contribution in [-0.4, -0.2) is 73.5 Å². The Bertz CT molecular complexity index is 1610. The van der Waals surface area contributed by atoms with E-state index in [1.807, 2.05) is 18.2 Å². The van der Waals surface area contributed by atoms with E-state index in [1.54, 1.807) is 7.05 Å². The molecule has 218 valence electrons. The van der Waals surface area contributed by atoms with Crippen LogP contribution in [0.2, 0.25) is 5.02 Å². The lowest BCUT2D eigenvalue weighted by Crippen LogP contribution is -2.53. The predicted molar refractivity (Wildman–Crippen MR) is 156 cm³/mol. The summed E-state index contributed by atoms with van der Waals surface area (Å²) in [5.41, 5.74) is -0.410. The fraction of sp³-hybridized carbons (Fsp3) is 0.333. The molecular weight excluding hydrogens is 582 g/mol. The minimum absolute atomic E-state index is 0.00105. The first kappa shape index (κ1) is 29.1. The van der Waals surface area contributed by atoms with Gasteiger partial charge in [0.15, 0.2) is 17.4 Å². The van der Waals surface area contributed by atoms with Crippen molar-refractivity contribution in [1.29, 1.82) is 0 Å². The largest absolute Gasteiger partial charge is 0.504 e. The van der Waals surface area contributed by atoms with E-state index < -0.39 is 34.0 Å². The summed E-state index contributed by atoms with van der Waals surface area (Å²) in [7, 11) is 1.57. The lowest BCUT2D eigenvalue weighted by atomic mass is 10.0. The molecule has 1 unspecified atom stereocenters. The molecule has 0 radical (unpaired) electrons. The van der Waals surface area contributed by atoms with Crippen molar-refractivity contribution in [2.24, 2.45) is 0 Å². The molecular formula is C27H28ClF4N7OS. The van der Waals surface area contributed by atoms with E-state index in [0.717, 1.165) is 24.2 Å². The third kappa shape index (κ3) is 5.57. The van der Waals surface area contributed by atoms with Crippen molar-refractivity contribution >= 4 is 50.4 Å². The Morgan fingerprint density at radius 1 is 1.22 bits per heavy atom. The number of anilines is 2. The topological polar surface area (TPSA) is 82.3 Å². The number of fused-ring (bicyclic) bond motifs is 1. The number of phenolic OH excluding ortho intramolecular Hbond substituents is 1. The first-order chi connectivity index (χ1) is 19.5. The molecule has 8 nitrogen and oxygen atoms in total. The van der Waals surface area contributed by atoms with Crippen LogP contribution in [0.25, 0.3) is 16.7 Å². The number of alkyl halides is 3. The van der Waals surface area contributed by atoms with Gasteiger partial charge in [-0.05, 0) is 31.2 Å². The van der Waals surface area contributed by atoms with E-state index in [-0.39, 0.29) is 33.6 Å². The highest BCUT2D eigenvalue weighted by Crippen LogP contribution is 2.43. The van der Waals surface area contributed by atoms with Gasteiger partial charge in [0.05, 0.1) is 16.8 Å². The summed E-state index contributed by atoms with van der Waals surface area (Å²) >= 11 is 5.62. The maximum Gasteiger partial charge on any atom is 0.418 e. The van der Waals surface area contributed by atoms with Gasteiger partial charge < -0.3 is 15.3 Å². The SMILES string of the molecule is C/C=S(\C)N1CCN(c2ncc3c(n2)c(NC)nn3-c2cc(C(F)(F)F)c(Cl)c(O)c2F)[C@H](Cc2ccccc2)C1. The number of benzene rings is 2. The van der Waals surface area contributed by atoms with Crippen molar-refractivity contribution in [2.75, 3.05) is 43.2 Å². The number of hydrogen-bond acceptors (Lipinski definition) is 7. The molecule has 1 aliphatic rings. The Labute approximate surface area is 241 Å². The zero-order valence-electron chi connectivity index (χ0n) is 22.5. The number of piperazine rings is 1. The number of aromatic hydroxyl groups is 1. The number of rotatable bonds is 6. The second-order valence-corrected chi connectivity index (χ2v) is 11.9. The van der Waals surface area contributed by atoms with Crippen LogP contribution in [0.1, 0.15) is 18.1 Å². The van der Waals surface area contributed by atoms with Crippen molar-refractivity contribution in [3.8, 4) is 11.4 Å². The summed E-state index contributed by atoms with van der Waals surface area (Å²) in [5, 5.41) is 18.3. The Hall–Kier alpha value is -3.42. The van der Waals surface area contributed by atoms with Gasteiger partial charge in [0, 0.05) is 32.7 Å². The molecule has 0 aliphatic carbocycles. The van der Waals surface area contributed by atoms with E-state index in [0.29, 0.717) is 18.6 Å². The van der Waals surface area contributed by atoms with Gasteiger partial charge in [-0.25, -0.2) is 19.0 Å². The molecule has 3 heterocycles. The van der Waals surface area contributed by atoms with E-state index in [1.165, 1.54) is 11.8 Å². The highest BCUT2D eigenvalue weighted by Gasteiger charge is 2.37. The standard InChI is InChI=1S/C27H28ClF4N7OS/c1-4-41(3)37-10-11-38(17(15-37)12-16-8-6-5-7-9-16)26-34-14-20-23(35-26)25(33-2)36-39(20)19-13-18(27(30,31)32)21(28)24(40)22(19)29/h4-9,13-14,17,40H,10-12,15H2,1-3H3,(H,33,36)/t17-,41?/m1/s1. The molecule has 1 aliphatic heterocycles. The minimum Gasteiger partial charge on any atom is -0.504 e. The molecule has 0 spiro atoms. The average molecular weight is 610 g/mol. The normalized spacial score (nSPS) is 17.4. The molecule has 1 fully saturated rings. The van der Waals surface area contributed by atoms with E-state index in [4.69, 9.17) is 16.6 Å². The maximum atomic E-state index is 15.1. The summed E-state index contributed by atoms with van der Waals surface area (Å²) in [5.74, 6) is -2.02. The molecule has 5 rings (SSSR count). The quantitative estimate of drug-likeness (QED) is 0.213. The first-order valence-electron chi connectivity index (χ1n) is 12.7. The van der Waals surface area contributed by atoms with Crippen LogP contribution < -0.4 is 10.2 Å². The molecule has 2 aromatic carbocycles. The van der Waals surface area contributed by atoms with Crippen molar-refractivity contribution < 1.29 is 22.7 Å². The highest BCUT2D eigenvalue weighted by atomic mass is 35.5. The zero-order valence-corrected chi connectivity index (χ0v) is 24.0. The van der Waals surface area contributed by atoms with Gasteiger partial charge in [-0.1, -0.05) is 47.3 Å². The van der Waals surface area contributed by atoms with Crippen LogP contribution in [0, 0.1) is 5.82 Å². The molecule has 41 heavy (non-hydrogen) atoms. The van der Waals surface area contributed by atoms with Crippen LogP contribution in [0.3, 0.4) is 0 Å². The highest BCUT2D eigenvalue weighted by molar-refractivity contribution is 8.12. The molecule has 2 N–H and O–H groups in total. The number of nitrogens with zero attached hydrogens (tertiary/aromatic N) is 6. The lowest BCUT2D eigenvalue weighted by Gasteiger charge is -2.42. The number of phenols is 1. The van der Waals surface area contributed by atoms with Gasteiger partial charge in [0.1, 0.15) is 16.7 Å². The molecule has 0 saturated carbocycles. The smallest absolute Gasteiger partial charge is 0.418 e. The predicted octanol–water partition coefficient (Wildman–Crippen LogP) is 5.74. The van der Waals surface area contributed by atoms with Crippen LogP contribution in [0.5, 0.6) is 5.75 Å². The molecule has 0 amide bonds. The zero-order chi connectivity index (χ0) is 29.5. The van der Waals surface area contributed by atoms with Crippen LogP contribution in [0.15, 0.2) is 42.6 Å². The van der Waals surface area contributed by atoms with Gasteiger partial charge in [-0.15, -0.1) is 15.8 Å².